The van der Waals surface area contributed by atoms with Crippen LogP contribution in [0.15, 0.2) is 24.3 Å². The Morgan fingerprint density at radius 2 is 2.12 bits per heavy atom. The van der Waals surface area contributed by atoms with Gasteiger partial charge in [0.05, 0.1) is 12.3 Å². The molecule has 0 aromatic heterocycles. The number of carbonyl (C=O) groups is 1. The Kier molecular flexibility index (Phi) is 6.31. The second kappa shape index (κ2) is 8.04. The number of hydrogen-bond acceptors (Lipinski definition) is 4. The van der Waals surface area contributed by atoms with Gasteiger partial charge in [0.15, 0.2) is 0 Å². The van der Waals surface area contributed by atoms with E-state index < -0.39 is 21.8 Å². The molecule has 0 aliphatic carbocycles. The number of hydrogen-bond donors (Lipinski definition) is 1. The molecule has 0 spiro atoms. The first-order valence-corrected chi connectivity index (χ1v) is 9.53. The van der Waals surface area contributed by atoms with Crippen LogP contribution in [-0.4, -0.2) is 61.4 Å². The van der Waals surface area contributed by atoms with Crippen molar-refractivity contribution in [3.05, 3.63) is 35.6 Å². The largest absolute Gasteiger partial charge is 0.480 e. The van der Waals surface area contributed by atoms with E-state index in [0.717, 1.165) is 6.42 Å². The van der Waals surface area contributed by atoms with E-state index in [1.807, 2.05) is 0 Å². The smallest absolute Gasteiger partial charge is 0.317 e. The number of halogens is 1. The summed E-state index contributed by atoms with van der Waals surface area (Å²) in [6, 6.07) is 5.67. The zero-order valence-corrected chi connectivity index (χ0v) is 14.5. The molecule has 0 bridgehead atoms. The number of benzene rings is 1. The average Bonchev–Trinajstić information content (AvgIpc) is 2.72. The first-order chi connectivity index (χ1) is 11.3. The fourth-order valence-corrected chi connectivity index (χ4v) is 4.62. The Balaban J connectivity index is 2.00. The van der Waals surface area contributed by atoms with Gasteiger partial charge in [-0.2, -0.15) is 0 Å². The van der Waals surface area contributed by atoms with Crippen LogP contribution < -0.4 is 0 Å². The Labute approximate surface area is 141 Å². The Hall–Kier alpha value is -1.51. The predicted molar refractivity (Wildman–Crippen MR) is 88.5 cm³/mol. The van der Waals surface area contributed by atoms with E-state index in [-0.39, 0.29) is 18.3 Å². The van der Waals surface area contributed by atoms with Crippen molar-refractivity contribution in [3.8, 4) is 0 Å². The average molecular weight is 358 g/mol. The zero-order valence-electron chi connectivity index (χ0n) is 13.7. The van der Waals surface area contributed by atoms with Crippen LogP contribution in [0.3, 0.4) is 0 Å². The maximum absolute atomic E-state index is 13.2. The van der Waals surface area contributed by atoms with E-state index in [2.05, 4.69) is 0 Å². The Morgan fingerprint density at radius 3 is 2.79 bits per heavy atom. The lowest BCUT2D eigenvalue weighted by atomic mass is 10.1. The van der Waals surface area contributed by atoms with Crippen molar-refractivity contribution < 1.29 is 22.7 Å². The summed E-state index contributed by atoms with van der Waals surface area (Å²) in [5.74, 6) is -1.56. The summed E-state index contributed by atoms with van der Waals surface area (Å²) in [6.45, 7) is 0.710. The van der Waals surface area contributed by atoms with E-state index in [1.165, 1.54) is 22.5 Å². The molecule has 0 radical (unpaired) electrons. The lowest BCUT2D eigenvalue weighted by molar-refractivity contribution is -0.138. The molecule has 6 nitrogen and oxygen atoms in total. The van der Waals surface area contributed by atoms with Gasteiger partial charge in [0.1, 0.15) is 5.82 Å². The number of aliphatic carboxylic acids is 1. The van der Waals surface area contributed by atoms with Gasteiger partial charge in [-0.1, -0.05) is 12.1 Å². The molecule has 1 heterocycles. The second-order valence-corrected chi connectivity index (χ2v) is 8.15. The fourth-order valence-electron chi connectivity index (χ4n) is 3.04. The Morgan fingerprint density at radius 1 is 1.38 bits per heavy atom. The van der Waals surface area contributed by atoms with Gasteiger partial charge >= 0.3 is 5.97 Å². The van der Waals surface area contributed by atoms with Crippen LogP contribution in [0.1, 0.15) is 24.8 Å². The van der Waals surface area contributed by atoms with Gasteiger partial charge in [0.25, 0.3) is 0 Å². The van der Waals surface area contributed by atoms with Crippen molar-refractivity contribution in [2.75, 3.05) is 26.7 Å². The number of carboxylic acid groups (broad SMARTS) is 1. The van der Waals surface area contributed by atoms with Gasteiger partial charge in [-0.05, 0) is 44.0 Å². The molecule has 134 valence electrons. The minimum Gasteiger partial charge on any atom is -0.480 e. The van der Waals surface area contributed by atoms with Crippen LogP contribution in [0.5, 0.6) is 0 Å². The molecule has 1 unspecified atom stereocenters. The van der Waals surface area contributed by atoms with Crippen LogP contribution in [0.4, 0.5) is 4.39 Å². The fraction of sp³-hybridized carbons (Fsp3) is 0.562. The zero-order chi connectivity index (χ0) is 17.7. The van der Waals surface area contributed by atoms with Crippen LogP contribution in [-0.2, 0) is 20.6 Å². The summed E-state index contributed by atoms with van der Waals surface area (Å²) in [5.41, 5.74) is 0.429. The summed E-state index contributed by atoms with van der Waals surface area (Å²) >= 11 is 0. The number of carboxylic acids is 1. The first kappa shape index (κ1) is 18.8. The third-order valence-electron chi connectivity index (χ3n) is 4.30. The molecule has 1 aromatic carbocycles. The number of likely N-dealkylation sites (N-methyl/N-ethyl adjacent to an activating group) is 1. The van der Waals surface area contributed by atoms with Crippen LogP contribution >= 0.6 is 0 Å². The topological polar surface area (TPSA) is 77.9 Å². The molecular formula is C16H23FN2O4S. The van der Waals surface area contributed by atoms with Crippen molar-refractivity contribution >= 4 is 16.0 Å². The molecular weight excluding hydrogens is 335 g/mol. The van der Waals surface area contributed by atoms with Crippen molar-refractivity contribution in [2.45, 2.75) is 31.1 Å². The summed E-state index contributed by atoms with van der Waals surface area (Å²) in [4.78, 5) is 12.6. The molecule has 1 N–H and O–H groups in total. The summed E-state index contributed by atoms with van der Waals surface area (Å²) in [6.07, 6.45) is 2.03. The predicted octanol–water partition coefficient (Wildman–Crippen LogP) is 1.53. The van der Waals surface area contributed by atoms with Gasteiger partial charge in [-0.25, -0.2) is 17.1 Å². The quantitative estimate of drug-likeness (QED) is 0.834. The maximum atomic E-state index is 13.2. The SMILES string of the molecule is CN(CC(=O)O)C1CCCN(S(=O)(=O)Cc2cccc(F)c2)CC1. The van der Waals surface area contributed by atoms with E-state index >= 15 is 0 Å². The van der Waals surface area contributed by atoms with Gasteiger partial charge in [-0.3, -0.25) is 9.69 Å². The highest BCUT2D eigenvalue weighted by Crippen LogP contribution is 2.20. The number of sulfonamides is 1. The molecule has 24 heavy (non-hydrogen) atoms. The van der Waals surface area contributed by atoms with E-state index in [4.69, 9.17) is 5.11 Å². The molecule has 0 saturated carbocycles. The third kappa shape index (κ3) is 5.25. The lowest BCUT2D eigenvalue weighted by Crippen LogP contribution is -2.37. The van der Waals surface area contributed by atoms with Gasteiger partial charge in [0.2, 0.25) is 10.0 Å². The van der Waals surface area contributed by atoms with Gasteiger partial charge in [0, 0.05) is 19.1 Å². The van der Waals surface area contributed by atoms with Gasteiger partial charge < -0.3 is 5.11 Å². The lowest BCUT2D eigenvalue weighted by Gasteiger charge is -2.25. The normalized spacial score (nSPS) is 20.0. The highest BCUT2D eigenvalue weighted by molar-refractivity contribution is 7.88. The standard InChI is InChI=1S/C16H23FN2O4S/c1-18(11-16(20)21)15-6-3-8-19(9-7-15)24(22,23)12-13-4-2-5-14(17)10-13/h2,4-5,10,15H,3,6-9,11-12H2,1H3,(H,20,21). The molecule has 2 rings (SSSR count). The van der Waals surface area contributed by atoms with Crippen molar-refractivity contribution in [1.29, 1.82) is 0 Å². The van der Waals surface area contributed by atoms with Crippen molar-refractivity contribution in [2.24, 2.45) is 0 Å². The van der Waals surface area contributed by atoms with E-state index in [9.17, 15) is 17.6 Å². The monoisotopic (exact) mass is 358 g/mol. The minimum atomic E-state index is -3.52. The molecule has 1 aliphatic rings. The molecule has 1 saturated heterocycles. The highest BCUT2D eigenvalue weighted by Gasteiger charge is 2.28. The van der Waals surface area contributed by atoms with Crippen LogP contribution in [0, 0.1) is 5.82 Å². The Bertz CT molecular complexity index is 680. The summed E-state index contributed by atoms with van der Waals surface area (Å²) in [5, 5.41) is 8.87. The minimum absolute atomic E-state index is 0.0514. The highest BCUT2D eigenvalue weighted by atomic mass is 32.2. The first-order valence-electron chi connectivity index (χ1n) is 7.92. The molecule has 1 aromatic rings. The third-order valence-corrected chi connectivity index (χ3v) is 6.15. The van der Waals surface area contributed by atoms with E-state index in [1.54, 1.807) is 18.0 Å². The number of nitrogens with zero attached hydrogens (tertiary/aromatic N) is 2. The van der Waals surface area contributed by atoms with Crippen LogP contribution in [0.2, 0.25) is 0 Å². The summed E-state index contributed by atoms with van der Waals surface area (Å²) < 4.78 is 39.8. The molecule has 1 fully saturated rings. The second-order valence-electron chi connectivity index (χ2n) is 6.18. The molecule has 1 atom stereocenters. The molecule has 1 aliphatic heterocycles. The van der Waals surface area contributed by atoms with Gasteiger partial charge in [-0.15, -0.1) is 0 Å². The van der Waals surface area contributed by atoms with Crippen molar-refractivity contribution in [3.63, 3.8) is 0 Å². The molecule has 8 heteroatoms. The number of rotatable bonds is 6. The summed E-state index contributed by atoms with van der Waals surface area (Å²) in [7, 11) is -1.77. The van der Waals surface area contributed by atoms with Crippen molar-refractivity contribution in [1.82, 2.24) is 9.21 Å². The van der Waals surface area contributed by atoms with Crippen LogP contribution in [0.25, 0.3) is 0 Å². The molecule has 0 amide bonds. The van der Waals surface area contributed by atoms with E-state index in [0.29, 0.717) is 31.5 Å². The maximum Gasteiger partial charge on any atom is 0.317 e.